The fraction of sp³-hybridized carbons (Fsp3) is 0.875. The van der Waals surface area contributed by atoms with Gasteiger partial charge in [0.15, 0.2) is 0 Å². The van der Waals surface area contributed by atoms with Gasteiger partial charge < -0.3 is 0 Å². The van der Waals surface area contributed by atoms with Gasteiger partial charge in [-0.3, -0.25) is 0 Å². The zero-order chi connectivity index (χ0) is 7.98. The third kappa shape index (κ3) is 6.70. The first-order chi connectivity index (χ1) is 4.66. The molecule has 1 radical (unpaired) electrons. The second-order valence-electron chi connectivity index (χ2n) is 2.57. The van der Waals surface area contributed by atoms with Crippen LogP contribution in [0.15, 0.2) is 0 Å². The highest BCUT2D eigenvalue weighted by molar-refractivity contribution is 6.23. The predicted octanol–water partition coefficient (Wildman–Crippen LogP) is 3.62. The standard InChI is InChI=1S/C8H15Cl2/c1-3-4-5-8(10)6-7(2)9/h7-8H,2-6H2,1H3. The van der Waals surface area contributed by atoms with Crippen molar-refractivity contribution in [2.24, 2.45) is 0 Å². The molecule has 0 aliphatic rings. The molecule has 0 aromatic carbocycles. The molecule has 0 bridgehead atoms. The van der Waals surface area contributed by atoms with Gasteiger partial charge in [-0.25, -0.2) is 0 Å². The van der Waals surface area contributed by atoms with E-state index in [9.17, 15) is 0 Å². The van der Waals surface area contributed by atoms with E-state index in [1.165, 1.54) is 12.8 Å². The molecular weight excluding hydrogens is 167 g/mol. The number of rotatable bonds is 5. The monoisotopic (exact) mass is 181 g/mol. The van der Waals surface area contributed by atoms with E-state index in [2.05, 4.69) is 13.8 Å². The van der Waals surface area contributed by atoms with E-state index in [1.807, 2.05) is 0 Å². The van der Waals surface area contributed by atoms with Crippen LogP contribution >= 0.6 is 23.2 Å². The summed E-state index contributed by atoms with van der Waals surface area (Å²) in [5, 5.41) is 0.194. The first kappa shape index (κ1) is 10.6. The topological polar surface area (TPSA) is 0 Å². The van der Waals surface area contributed by atoms with Crippen LogP contribution in [0, 0.1) is 6.92 Å². The quantitative estimate of drug-likeness (QED) is 0.569. The van der Waals surface area contributed by atoms with Crippen LogP contribution in [0.5, 0.6) is 0 Å². The summed E-state index contributed by atoms with van der Waals surface area (Å²) in [5.74, 6) is 0. The van der Waals surface area contributed by atoms with Crippen LogP contribution in [0.1, 0.15) is 32.6 Å². The average Bonchev–Trinajstić information content (AvgIpc) is 1.82. The van der Waals surface area contributed by atoms with Gasteiger partial charge in [-0.1, -0.05) is 19.8 Å². The number of hydrogen-bond donors (Lipinski definition) is 0. The van der Waals surface area contributed by atoms with Crippen LogP contribution in [-0.2, 0) is 0 Å². The lowest BCUT2D eigenvalue weighted by Crippen LogP contribution is -2.04. The third-order valence-electron chi connectivity index (χ3n) is 1.38. The molecule has 0 aliphatic carbocycles. The molecule has 0 rings (SSSR count). The van der Waals surface area contributed by atoms with Gasteiger partial charge in [0.25, 0.3) is 0 Å². The maximum Gasteiger partial charge on any atom is 0.0350 e. The zero-order valence-electron chi connectivity index (χ0n) is 6.45. The highest BCUT2D eigenvalue weighted by atomic mass is 35.5. The van der Waals surface area contributed by atoms with Crippen LogP contribution in [0.3, 0.4) is 0 Å². The van der Waals surface area contributed by atoms with Crippen LogP contribution < -0.4 is 0 Å². The van der Waals surface area contributed by atoms with Gasteiger partial charge in [-0.2, -0.15) is 0 Å². The minimum atomic E-state index is -0.0284. The highest BCUT2D eigenvalue weighted by Gasteiger charge is 2.06. The Bertz CT molecular complexity index is 71.7. The lowest BCUT2D eigenvalue weighted by molar-refractivity contribution is 0.647. The summed E-state index contributed by atoms with van der Waals surface area (Å²) >= 11 is 11.6. The SMILES string of the molecule is [CH2]C(Cl)CC(Cl)CCCC. The Kier molecular flexibility index (Phi) is 6.67. The Balaban J connectivity index is 3.16. The summed E-state index contributed by atoms with van der Waals surface area (Å²) in [6.45, 7) is 5.83. The van der Waals surface area contributed by atoms with Crippen LogP contribution in [0.4, 0.5) is 0 Å². The lowest BCUT2D eigenvalue weighted by Gasteiger charge is -2.08. The van der Waals surface area contributed by atoms with E-state index in [0.29, 0.717) is 0 Å². The minimum absolute atomic E-state index is 0.0284. The van der Waals surface area contributed by atoms with Gasteiger partial charge in [-0.05, 0) is 19.8 Å². The maximum atomic E-state index is 5.93. The molecule has 2 heteroatoms. The van der Waals surface area contributed by atoms with Gasteiger partial charge >= 0.3 is 0 Å². The van der Waals surface area contributed by atoms with E-state index in [4.69, 9.17) is 23.2 Å². The summed E-state index contributed by atoms with van der Waals surface area (Å²) in [7, 11) is 0. The van der Waals surface area contributed by atoms with E-state index >= 15 is 0 Å². The van der Waals surface area contributed by atoms with Gasteiger partial charge in [0, 0.05) is 10.8 Å². The first-order valence-electron chi connectivity index (χ1n) is 3.78. The second kappa shape index (κ2) is 6.30. The summed E-state index contributed by atoms with van der Waals surface area (Å²) < 4.78 is 0. The molecule has 0 nitrogen and oxygen atoms in total. The molecule has 0 fully saturated rings. The van der Waals surface area contributed by atoms with Crippen molar-refractivity contribution < 1.29 is 0 Å². The van der Waals surface area contributed by atoms with Crippen molar-refractivity contribution in [3.63, 3.8) is 0 Å². The first-order valence-corrected chi connectivity index (χ1v) is 4.65. The van der Waals surface area contributed by atoms with Gasteiger partial charge in [0.05, 0.1) is 0 Å². The largest absolute Gasteiger partial charge is 0.123 e. The molecule has 0 amide bonds. The number of alkyl halides is 2. The van der Waals surface area contributed by atoms with Gasteiger partial charge in [0.1, 0.15) is 0 Å². The molecule has 0 heterocycles. The van der Waals surface area contributed by atoms with Crippen molar-refractivity contribution in [3.05, 3.63) is 6.92 Å². The van der Waals surface area contributed by atoms with Crippen molar-refractivity contribution in [1.29, 1.82) is 0 Å². The molecule has 61 valence electrons. The number of hydrogen-bond acceptors (Lipinski definition) is 0. The smallest absolute Gasteiger partial charge is 0.0350 e. The molecule has 0 aromatic heterocycles. The zero-order valence-corrected chi connectivity index (χ0v) is 7.96. The normalized spacial score (nSPS) is 16.8. The molecule has 2 unspecified atom stereocenters. The Labute approximate surface area is 73.9 Å². The molecule has 2 atom stereocenters. The fourth-order valence-electron chi connectivity index (χ4n) is 0.821. The van der Waals surface area contributed by atoms with Crippen LogP contribution in [0.2, 0.25) is 0 Å². The average molecular weight is 182 g/mol. The van der Waals surface area contributed by atoms with Crippen LogP contribution in [0.25, 0.3) is 0 Å². The van der Waals surface area contributed by atoms with Crippen LogP contribution in [-0.4, -0.2) is 10.8 Å². The van der Waals surface area contributed by atoms with E-state index in [0.717, 1.165) is 12.8 Å². The molecule has 0 saturated heterocycles. The van der Waals surface area contributed by atoms with Crippen molar-refractivity contribution in [1.82, 2.24) is 0 Å². The minimum Gasteiger partial charge on any atom is -0.123 e. The third-order valence-corrected chi connectivity index (χ3v) is 1.96. The van der Waals surface area contributed by atoms with Gasteiger partial charge in [0.2, 0.25) is 0 Å². The summed E-state index contributed by atoms with van der Waals surface area (Å²) in [6, 6.07) is 0. The highest BCUT2D eigenvalue weighted by Crippen LogP contribution is 2.15. The molecule has 0 saturated carbocycles. The second-order valence-corrected chi connectivity index (χ2v) is 3.81. The Morgan fingerprint density at radius 2 is 2.00 bits per heavy atom. The molecule has 0 aliphatic heterocycles. The Morgan fingerprint density at radius 1 is 1.40 bits per heavy atom. The molecule has 0 N–H and O–H groups in total. The number of unbranched alkanes of at least 4 members (excludes halogenated alkanes) is 1. The summed E-state index contributed by atoms with van der Waals surface area (Å²) in [6.07, 6.45) is 4.28. The summed E-state index contributed by atoms with van der Waals surface area (Å²) in [5.41, 5.74) is 0. The van der Waals surface area contributed by atoms with E-state index in [1.54, 1.807) is 0 Å². The lowest BCUT2D eigenvalue weighted by atomic mass is 10.1. The molecule has 0 spiro atoms. The Hall–Kier alpha value is 0.580. The Morgan fingerprint density at radius 3 is 2.40 bits per heavy atom. The van der Waals surface area contributed by atoms with E-state index < -0.39 is 0 Å². The van der Waals surface area contributed by atoms with E-state index in [-0.39, 0.29) is 10.8 Å². The van der Waals surface area contributed by atoms with Crippen molar-refractivity contribution in [3.8, 4) is 0 Å². The van der Waals surface area contributed by atoms with Crippen molar-refractivity contribution >= 4 is 23.2 Å². The maximum absolute atomic E-state index is 5.93. The van der Waals surface area contributed by atoms with Gasteiger partial charge in [-0.15, -0.1) is 23.2 Å². The fourth-order valence-corrected chi connectivity index (χ4v) is 1.50. The molecule has 0 aromatic rings. The van der Waals surface area contributed by atoms with Crippen molar-refractivity contribution in [2.75, 3.05) is 0 Å². The molecule has 10 heavy (non-hydrogen) atoms. The molecular formula is C8H15Cl2. The van der Waals surface area contributed by atoms with Crippen molar-refractivity contribution in [2.45, 2.75) is 43.4 Å². The number of halogens is 2. The predicted molar refractivity (Wildman–Crippen MR) is 48.8 cm³/mol. The summed E-state index contributed by atoms with van der Waals surface area (Å²) in [4.78, 5) is 0.